The number of nitrogens with zero attached hydrogens (tertiary/aromatic N) is 3. The molecule has 1 unspecified atom stereocenters. The van der Waals surface area contributed by atoms with E-state index < -0.39 is 0 Å². The van der Waals surface area contributed by atoms with Crippen LogP contribution >= 0.6 is 11.8 Å². The number of halogens is 1. The average Bonchev–Trinajstić information content (AvgIpc) is 3.41. The lowest BCUT2D eigenvalue weighted by molar-refractivity contribution is -0.128. The van der Waals surface area contributed by atoms with Gasteiger partial charge >= 0.3 is 0 Å². The van der Waals surface area contributed by atoms with Crippen LogP contribution in [0.15, 0.2) is 64.1 Å². The lowest BCUT2D eigenvalue weighted by atomic mass is 10.2. The zero-order chi connectivity index (χ0) is 21.8. The molecule has 0 saturated carbocycles. The number of rotatable bonds is 6. The molecule has 1 atom stereocenters. The van der Waals surface area contributed by atoms with E-state index in [0.29, 0.717) is 23.6 Å². The molecule has 31 heavy (non-hydrogen) atoms. The number of oxazole rings is 1. The Bertz CT molecular complexity index is 1090. The van der Waals surface area contributed by atoms with E-state index >= 15 is 0 Å². The van der Waals surface area contributed by atoms with Crippen LogP contribution in [-0.2, 0) is 11.2 Å². The van der Waals surface area contributed by atoms with Crippen LogP contribution in [0.3, 0.4) is 0 Å². The van der Waals surface area contributed by atoms with Crippen molar-refractivity contribution < 1.29 is 13.6 Å². The second kappa shape index (κ2) is 9.47. The van der Waals surface area contributed by atoms with Gasteiger partial charge in [-0.2, -0.15) is 0 Å². The number of carbonyl (C=O) groups excluding carboxylic acids is 1. The number of aromatic nitrogens is 1. The van der Waals surface area contributed by atoms with Crippen molar-refractivity contribution in [2.45, 2.75) is 39.2 Å². The average molecular weight is 438 g/mol. The normalized spacial score (nSPS) is 17.5. The van der Waals surface area contributed by atoms with Crippen molar-refractivity contribution in [1.29, 1.82) is 0 Å². The van der Waals surface area contributed by atoms with E-state index in [1.165, 1.54) is 17.8 Å². The first-order valence-electron chi connectivity index (χ1n) is 10.3. The fourth-order valence-corrected chi connectivity index (χ4v) is 4.73. The monoisotopic (exact) mass is 437 g/mol. The van der Waals surface area contributed by atoms with E-state index in [-0.39, 0.29) is 24.2 Å². The molecule has 160 valence electrons. The molecular weight excluding hydrogens is 413 g/mol. The van der Waals surface area contributed by atoms with Gasteiger partial charge in [-0.1, -0.05) is 48.5 Å². The number of hydrogen-bond acceptors (Lipinski definition) is 5. The molecule has 1 aliphatic heterocycles. The van der Waals surface area contributed by atoms with Crippen molar-refractivity contribution in [1.82, 2.24) is 9.88 Å². The Labute approximate surface area is 185 Å². The number of amidine groups is 1. The number of benzene rings is 2. The molecule has 4 rings (SSSR count). The molecule has 1 amide bonds. The van der Waals surface area contributed by atoms with E-state index in [1.54, 1.807) is 30.0 Å². The number of amides is 1. The summed E-state index contributed by atoms with van der Waals surface area (Å²) in [6.07, 6.45) is 2.97. The molecule has 1 aliphatic rings. The van der Waals surface area contributed by atoms with Crippen molar-refractivity contribution in [2.75, 3.05) is 5.75 Å². The fraction of sp³-hybridized carbons (Fsp3) is 0.292. The molecule has 2 heterocycles. The third kappa shape index (κ3) is 4.88. The van der Waals surface area contributed by atoms with Crippen LogP contribution in [0, 0.1) is 12.7 Å². The molecule has 2 aromatic carbocycles. The van der Waals surface area contributed by atoms with E-state index in [2.05, 4.69) is 11.9 Å². The van der Waals surface area contributed by atoms with E-state index in [1.807, 2.05) is 36.1 Å². The lowest BCUT2D eigenvalue weighted by Gasteiger charge is -2.23. The molecule has 7 heteroatoms. The Morgan fingerprint density at radius 3 is 2.77 bits per heavy atom. The molecule has 1 aromatic heterocycles. The number of carbonyl (C=O) groups is 1. The summed E-state index contributed by atoms with van der Waals surface area (Å²) in [5.41, 5.74) is 2.37. The van der Waals surface area contributed by atoms with Crippen LogP contribution < -0.4 is 0 Å². The van der Waals surface area contributed by atoms with Gasteiger partial charge in [0, 0.05) is 24.6 Å². The summed E-state index contributed by atoms with van der Waals surface area (Å²) in [4.78, 5) is 23.8. The Balaban J connectivity index is 1.46. The molecule has 0 radical (unpaired) electrons. The van der Waals surface area contributed by atoms with Gasteiger partial charge in [-0.05, 0) is 37.6 Å². The smallest absolute Gasteiger partial charge is 0.229 e. The minimum absolute atomic E-state index is 0.00615. The SMILES string of the molecule is CCC1CSC(=Nc2ccc(C)cc2)N1C(=O)CCc1ncc(-c2ccccc2F)o1. The molecule has 0 spiro atoms. The van der Waals surface area contributed by atoms with Gasteiger partial charge in [-0.25, -0.2) is 14.4 Å². The zero-order valence-electron chi connectivity index (χ0n) is 17.5. The van der Waals surface area contributed by atoms with Gasteiger partial charge in [0.05, 0.1) is 17.4 Å². The molecule has 0 N–H and O–H groups in total. The summed E-state index contributed by atoms with van der Waals surface area (Å²) in [5.74, 6) is 1.25. The Morgan fingerprint density at radius 2 is 2.03 bits per heavy atom. The number of hydrogen-bond donors (Lipinski definition) is 0. The fourth-order valence-electron chi connectivity index (χ4n) is 3.44. The Kier molecular flexibility index (Phi) is 6.51. The van der Waals surface area contributed by atoms with Gasteiger partial charge < -0.3 is 4.42 Å². The molecule has 1 saturated heterocycles. The minimum atomic E-state index is -0.363. The van der Waals surface area contributed by atoms with Gasteiger partial charge in [-0.15, -0.1) is 0 Å². The summed E-state index contributed by atoms with van der Waals surface area (Å²) in [5, 5.41) is 0.736. The minimum Gasteiger partial charge on any atom is -0.441 e. The van der Waals surface area contributed by atoms with Gasteiger partial charge in [0.1, 0.15) is 5.82 Å². The van der Waals surface area contributed by atoms with Crippen molar-refractivity contribution in [3.63, 3.8) is 0 Å². The molecule has 0 bridgehead atoms. The third-order valence-electron chi connectivity index (χ3n) is 5.22. The van der Waals surface area contributed by atoms with Crippen LogP contribution in [0.5, 0.6) is 0 Å². The third-order valence-corrected chi connectivity index (χ3v) is 6.32. The maximum atomic E-state index is 14.0. The first-order valence-corrected chi connectivity index (χ1v) is 11.3. The summed E-state index contributed by atoms with van der Waals surface area (Å²) < 4.78 is 19.7. The summed E-state index contributed by atoms with van der Waals surface area (Å²) in [6, 6.07) is 14.5. The van der Waals surface area contributed by atoms with Crippen molar-refractivity contribution in [2.24, 2.45) is 4.99 Å². The van der Waals surface area contributed by atoms with Gasteiger partial charge in [0.15, 0.2) is 16.8 Å². The first kappa shape index (κ1) is 21.3. The van der Waals surface area contributed by atoms with E-state index in [9.17, 15) is 9.18 Å². The van der Waals surface area contributed by atoms with Gasteiger partial charge in [0.25, 0.3) is 0 Å². The van der Waals surface area contributed by atoms with Crippen LogP contribution in [0.2, 0.25) is 0 Å². The maximum Gasteiger partial charge on any atom is 0.229 e. The highest BCUT2D eigenvalue weighted by Gasteiger charge is 2.33. The summed E-state index contributed by atoms with van der Waals surface area (Å²) >= 11 is 1.61. The van der Waals surface area contributed by atoms with Crippen LogP contribution in [0.4, 0.5) is 10.1 Å². The van der Waals surface area contributed by atoms with Gasteiger partial charge in [0.2, 0.25) is 5.91 Å². The summed E-state index contributed by atoms with van der Waals surface area (Å²) in [7, 11) is 0. The molecule has 1 fully saturated rings. The molecule has 0 aliphatic carbocycles. The quantitative estimate of drug-likeness (QED) is 0.492. The van der Waals surface area contributed by atoms with Crippen LogP contribution in [0.1, 0.15) is 31.2 Å². The largest absolute Gasteiger partial charge is 0.441 e. The number of aryl methyl sites for hydroxylation is 2. The molecule has 3 aromatic rings. The maximum absolute atomic E-state index is 14.0. The van der Waals surface area contributed by atoms with E-state index in [4.69, 9.17) is 9.41 Å². The first-order chi connectivity index (χ1) is 15.0. The summed E-state index contributed by atoms with van der Waals surface area (Å²) in [6.45, 7) is 4.11. The molecule has 5 nitrogen and oxygen atoms in total. The predicted molar refractivity (Wildman–Crippen MR) is 122 cm³/mol. The standard InChI is InChI=1S/C24H24FN3O2S/c1-3-18-15-31-24(27-17-10-8-16(2)9-11-17)28(18)23(29)13-12-22-26-14-21(30-22)19-6-4-5-7-20(19)25/h4-11,14,18H,3,12-13,15H2,1-2H3. The van der Waals surface area contributed by atoms with Crippen molar-refractivity contribution >= 4 is 28.5 Å². The Morgan fingerprint density at radius 1 is 1.26 bits per heavy atom. The second-order valence-electron chi connectivity index (χ2n) is 7.46. The highest BCUT2D eigenvalue weighted by Crippen LogP contribution is 2.30. The second-order valence-corrected chi connectivity index (χ2v) is 8.45. The zero-order valence-corrected chi connectivity index (χ0v) is 18.4. The molecular formula is C24H24FN3O2S. The highest BCUT2D eigenvalue weighted by molar-refractivity contribution is 8.14. The Hall–Kier alpha value is -2.93. The lowest BCUT2D eigenvalue weighted by Crippen LogP contribution is -2.39. The van der Waals surface area contributed by atoms with Crippen molar-refractivity contribution in [3.8, 4) is 11.3 Å². The van der Waals surface area contributed by atoms with Gasteiger partial charge in [-0.3, -0.25) is 9.69 Å². The highest BCUT2D eigenvalue weighted by atomic mass is 32.2. The van der Waals surface area contributed by atoms with E-state index in [0.717, 1.165) is 23.0 Å². The van der Waals surface area contributed by atoms with Crippen LogP contribution in [-0.4, -0.2) is 32.8 Å². The predicted octanol–water partition coefficient (Wildman–Crippen LogP) is 5.76. The number of aliphatic imine (C=N–C) groups is 1. The van der Waals surface area contributed by atoms with Crippen molar-refractivity contribution in [3.05, 3.63) is 72.0 Å². The number of thioether (sulfide) groups is 1. The van der Waals surface area contributed by atoms with Crippen LogP contribution in [0.25, 0.3) is 11.3 Å². The topological polar surface area (TPSA) is 58.7 Å².